The molecule has 0 saturated carbocycles. The van der Waals surface area contributed by atoms with Crippen molar-refractivity contribution in [2.45, 2.75) is 0 Å². The first kappa shape index (κ1) is 10.9. The van der Waals surface area contributed by atoms with Gasteiger partial charge >= 0.3 is 0 Å². The fourth-order valence-electron chi connectivity index (χ4n) is 1.13. The minimum Gasteiger partial charge on any atom is -0.493 e. The van der Waals surface area contributed by atoms with Crippen molar-refractivity contribution in [1.82, 2.24) is 0 Å². The summed E-state index contributed by atoms with van der Waals surface area (Å²) in [6.45, 7) is 3.54. The van der Waals surface area contributed by atoms with Gasteiger partial charge in [-0.1, -0.05) is 24.8 Å². The van der Waals surface area contributed by atoms with Crippen molar-refractivity contribution in [2.24, 2.45) is 0 Å². The second-order valence-electron chi connectivity index (χ2n) is 2.72. The third-order valence-electron chi connectivity index (χ3n) is 1.72. The SMILES string of the molecule is C=C/C=C/c1cc(F)c(OC)c(P)c1. The molecule has 1 aromatic rings. The standard InChI is InChI=1S/C11H12FOP/c1-3-4-5-8-6-9(12)11(13-2)10(14)7-8/h3-7H,1,14H2,2H3/b5-4+. The lowest BCUT2D eigenvalue weighted by molar-refractivity contribution is 0.390. The summed E-state index contributed by atoms with van der Waals surface area (Å²) < 4.78 is 18.2. The summed E-state index contributed by atoms with van der Waals surface area (Å²) in [7, 11) is 3.89. The molecule has 1 rings (SSSR count). The van der Waals surface area contributed by atoms with Crippen LogP contribution in [0.25, 0.3) is 6.08 Å². The van der Waals surface area contributed by atoms with Crippen molar-refractivity contribution in [3.8, 4) is 5.75 Å². The van der Waals surface area contributed by atoms with Crippen molar-refractivity contribution < 1.29 is 9.13 Å². The number of ether oxygens (including phenoxy) is 1. The van der Waals surface area contributed by atoms with Gasteiger partial charge in [-0.25, -0.2) is 4.39 Å². The van der Waals surface area contributed by atoms with Crippen LogP contribution in [0, 0.1) is 5.82 Å². The number of benzene rings is 1. The highest BCUT2D eigenvalue weighted by Crippen LogP contribution is 2.18. The Morgan fingerprint density at radius 1 is 1.50 bits per heavy atom. The van der Waals surface area contributed by atoms with Crippen molar-refractivity contribution in [2.75, 3.05) is 7.11 Å². The summed E-state index contributed by atoms with van der Waals surface area (Å²) in [4.78, 5) is 0. The van der Waals surface area contributed by atoms with Crippen molar-refractivity contribution in [3.05, 3.63) is 42.2 Å². The summed E-state index contributed by atoms with van der Waals surface area (Å²) in [5.74, 6) is -0.0885. The second-order valence-corrected chi connectivity index (χ2v) is 3.34. The first-order chi connectivity index (χ1) is 6.69. The topological polar surface area (TPSA) is 9.23 Å². The van der Waals surface area contributed by atoms with Gasteiger partial charge in [-0.05, 0) is 17.7 Å². The molecule has 0 aliphatic carbocycles. The van der Waals surface area contributed by atoms with Crippen molar-refractivity contribution in [1.29, 1.82) is 0 Å². The van der Waals surface area contributed by atoms with E-state index < -0.39 is 0 Å². The number of methoxy groups -OCH3 is 1. The predicted octanol–water partition coefficient (Wildman–Crippen LogP) is 2.53. The van der Waals surface area contributed by atoms with Crippen LogP contribution in [-0.4, -0.2) is 7.11 Å². The lowest BCUT2D eigenvalue weighted by Crippen LogP contribution is -2.02. The molecule has 1 atom stereocenters. The number of halogens is 1. The van der Waals surface area contributed by atoms with Crippen LogP contribution in [0.1, 0.15) is 5.56 Å². The molecular formula is C11H12FOP. The van der Waals surface area contributed by atoms with Gasteiger partial charge in [0.1, 0.15) is 0 Å². The van der Waals surface area contributed by atoms with E-state index in [1.165, 1.54) is 13.2 Å². The van der Waals surface area contributed by atoms with Gasteiger partial charge in [-0.15, -0.1) is 9.24 Å². The van der Waals surface area contributed by atoms with Crippen LogP contribution in [0.15, 0.2) is 30.9 Å². The molecule has 0 heterocycles. The summed E-state index contributed by atoms with van der Waals surface area (Å²) in [6.07, 6.45) is 5.18. The molecule has 3 heteroatoms. The maximum absolute atomic E-state index is 13.3. The fourth-order valence-corrected chi connectivity index (χ4v) is 1.58. The Hall–Kier alpha value is -1.14. The highest BCUT2D eigenvalue weighted by Gasteiger charge is 2.06. The highest BCUT2D eigenvalue weighted by molar-refractivity contribution is 7.27. The Bertz CT molecular complexity index is 349. The maximum atomic E-state index is 13.3. The van der Waals surface area contributed by atoms with Gasteiger partial charge in [0.2, 0.25) is 0 Å². The highest BCUT2D eigenvalue weighted by atomic mass is 31.0. The van der Waals surface area contributed by atoms with E-state index in [-0.39, 0.29) is 11.6 Å². The van der Waals surface area contributed by atoms with E-state index in [2.05, 4.69) is 15.8 Å². The molecule has 1 unspecified atom stereocenters. The average Bonchev–Trinajstić information content (AvgIpc) is 2.14. The Balaban J connectivity index is 3.13. The summed E-state index contributed by atoms with van der Waals surface area (Å²) in [5, 5.41) is 0.705. The molecule has 1 nitrogen and oxygen atoms in total. The Labute approximate surface area is 85.5 Å². The van der Waals surface area contributed by atoms with E-state index in [1.54, 1.807) is 18.2 Å². The van der Waals surface area contributed by atoms with Gasteiger partial charge in [0, 0.05) is 5.30 Å². The van der Waals surface area contributed by atoms with E-state index in [0.717, 1.165) is 5.56 Å². The monoisotopic (exact) mass is 210 g/mol. The first-order valence-corrected chi connectivity index (χ1v) is 4.69. The van der Waals surface area contributed by atoms with Gasteiger partial charge in [-0.3, -0.25) is 0 Å². The number of rotatable bonds is 3. The van der Waals surface area contributed by atoms with Gasteiger partial charge in [0.15, 0.2) is 11.6 Å². The molecule has 0 radical (unpaired) electrons. The molecule has 0 amide bonds. The second kappa shape index (κ2) is 4.92. The zero-order chi connectivity index (χ0) is 10.6. The van der Waals surface area contributed by atoms with Crippen LogP contribution >= 0.6 is 9.24 Å². The largest absolute Gasteiger partial charge is 0.493 e. The fraction of sp³-hybridized carbons (Fsp3) is 0.0909. The smallest absolute Gasteiger partial charge is 0.166 e. The van der Waals surface area contributed by atoms with E-state index >= 15 is 0 Å². The molecule has 0 spiro atoms. The normalized spacial score (nSPS) is 10.5. The number of hydrogen-bond donors (Lipinski definition) is 0. The molecule has 0 aromatic heterocycles. The van der Waals surface area contributed by atoms with Crippen molar-refractivity contribution in [3.63, 3.8) is 0 Å². The zero-order valence-corrected chi connectivity index (χ0v) is 9.11. The van der Waals surface area contributed by atoms with Crippen LogP contribution in [0.4, 0.5) is 4.39 Å². The van der Waals surface area contributed by atoms with Gasteiger partial charge < -0.3 is 4.74 Å². The molecule has 1 aromatic carbocycles. The summed E-state index contributed by atoms with van der Waals surface area (Å²) >= 11 is 0. The number of allylic oxidation sites excluding steroid dienone is 2. The minimum absolute atomic E-state index is 0.269. The summed E-state index contributed by atoms with van der Waals surface area (Å²) in [6, 6.07) is 3.25. The van der Waals surface area contributed by atoms with Gasteiger partial charge in [0.25, 0.3) is 0 Å². The third-order valence-corrected chi connectivity index (χ3v) is 2.15. The quantitative estimate of drug-likeness (QED) is 0.550. The van der Waals surface area contributed by atoms with E-state index in [4.69, 9.17) is 4.74 Å². The third kappa shape index (κ3) is 2.43. The molecule has 0 saturated heterocycles. The lowest BCUT2D eigenvalue weighted by atomic mass is 10.2. The summed E-state index contributed by atoms with van der Waals surface area (Å²) in [5.41, 5.74) is 0.785. The molecule has 0 fully saturated rings. The van der Waals surface area contributed by atoms with Gasteiger partial charge in [-0.2, -0.15) is 0 Å². The van der Waals surface area contributed by atoms with Crippen LogP contribution in [0.2, 0.25) is 0 Å². The van der Waals surface area contributed by atoms with E-state index in [9.17, 15) is 4.39 Å². The van der Waals surface area contributed by atoms with Crippen molar-refractivity contribution >= 4 is 20.6 Å². The Kier molecular flexibility index (Phi) is 3.84. The van der Waals surface area contributed by atoms with Crippen LogP contribution < -0.4 is 10.0 Å². The first-order valence-electron chi connectivity index (χ1n) is 4.11. The predicted molar refractivity (Wildman–Crippen MR) is 61.5 cm³/mol. The molecule has 14 heavy (non-hydrogen) atoms. The van der Waals surface area contributed by atoms with Crippen LogP contribution in [-0.2, 0) is 0 Å². The van der Waals surface area contributed by atoms with E-state index in [0.29, 0.717) is 5.30 Å². The van der Waals surface area contributed by atoms with Gasteiger partial charge in [0.05, 0.1) is 7.11 Å². The minimum atomic E-state index is -0.358. The van der Waals surface area contributed by atoms with Crippen LogP contribution in [0.3, 0.4) is 0 Å². The van der Waals surface area contributed by atoms with E-state index in [1.807, 2.05) is 6.07 Å². The lowest BCUT2D eigenvalue weighted by Gasteiger charge is -2.06. The molecule has 0 aliphatic rings. The maximum Gasteiger partial charge on any atom is 0.166 e. The molecule has 0 aliphatic heterocycles. The average molecular weight is 210 g/mol. The Morgan fingerprint density at radius 2 is 2.21 bits per heavy atom. The molecule has 0 bridgehead atoms. The van der Waals surface area contributed by atoms with Crippen LogP contribution in [0.5, 0.6) is 5.75 Å². The molecule has 74 valence electrons. The Morgan fingerprint density at radius 3 is 2.71 bits per heavy atom. The molecular weight excluding hydrogens is 198 g/mol. The molecule has 0 N–H and O–H groups in total. The zero-order valence-electron chi connectivity index (χ0n) is 7.96. The number of hydrogen-bond acceptors (Lipinski definition) is 1.